The molecule has 0 radical (unpaired) electrons. The van der Waals surface area contributed by atoms with E-state index in [2.05, 4.69) is 0 Å². The van der Waals surface area contributed by atoms with Crippen LogP contribution in [0.2, 0.25) is 10.0 Å². The summed E-state index contributed by atoms with van der Waals surface area (Å²) in [5.41, 5.74) is 4.11. The molecule has 0 unspecified atom stereocenters. The third kappa shape index (κ3) is 3.57. The van der Waals surface area contributed by atoms with Crippen LogP contribution in [0.15, 0.2) is 60.7 Å². The molecule has 0 spiro atoms. The summed E-state index contributed by atoms with van der Waals surface area (Å²) >= 11 is 12.7. The zero-order valence-corrected chi connectivity index (χ0v) is 14.3. The van der Waals surface area contributed by atoms with E-state index in [4.69, 9.17) is 23.2 Å². The second kappa shape index (κ2) is 7.27. The first-order chi connectivity index (χ1) is 11.6. The van der Waals surface area contributed by atoms with Gasteiger partial charge in [-0.15, -0.1) is 0 Å². The summed E-state index contributed by atoms with van der Waals surface area (Å²) < 4.78 is 0. The molecule has 0 aromatic heterocycles. The van der Waals surface area contributed by atoms with E-state index in [-0.39, 0.29) is 12.4 Å². The van der Waals surface area contributed by atoms with Gasteiger partial charge in [-0.25, -0.2) is 0 Å². The van der Waals surface area contributed by atoms with Gasteiger partial charge >= 0.3 is 0 Å². The minimum Gasteiger partial charge on any atom is -0.508 e. The molecular formula is C20H16Cl2O2. The van der Waals surface area contributed by atoms with E-state index >= 15 is 0 Å². The van der Waals surface area contributed by atoms with Crippen LogP contribution in [-0.4, -0.2) is 10.2 Å². The van der Waals surface area contributed by atoms with Gasteiger partial charge in [-0.2, -0.15) is 0 Å². The number of hydrogen-bond acceptors (Lipinski definition) is 2. The first kappa shape index (κ1) is 16.8. The van der Waals surface area contributed by atoms with Crippen molar-refractivity contribution in [2.24, 2.45) is 0 Å². The molecule has 0 aliphatic heterocycles. The van der Waals surface area contributed by atoms with Crippen molar-refractivity contribution < 1.29 is 10.2 Å². The van der Waals surface area contributed by atoms with Crippen molar-refractivity contribution in [1.29, 1.82) is 0 Å². The molecule has 0 aliphatic rings. The lowest BCUT2D eigenvalue weighted by Crippen LogP contribution is -1.92. The van der Waals surface area contributed by atoms with Crippen LogP contribution < -0.4 is 0 Å². The number of aliphatic hydroxyl groups excluding tert-OH is 1. The predicted octanol–water partition coefficient (Wildman–Crippen LogP) is 5.45. The van der Waals surface area contributed by atoms with Crippen molar-refractivity contribution in [2.75, 3.05) is 0 Å². The molecular weight excluding hydrogens is 343 g/mol. The summed E-state index contributed by atoms with van der Waals surface area (Å²) in [5.74, 6) is 0.238. The number of benzene rings is 3. The summed E-state index contributed by atoms with van der Waals surface area (Å²) in [4.78, 5) is 0. The van der Waals surface area contributed by atoms with Gasteiger partial charge in [-0.05, 0) is 46.5 Å². The fraction of sp³-hybridized carbons (Fsp3) is 0.100. The van der Waals surface area contributed by atoms with Crippen LogP contribution in [0.4, 0.5) is 0 Å². The quantitative estimate of drug-likeness (QED) is 0.650. The fourth-order valence-corrected chi connectivity index (χ4v) is 3.44. The minimum absolute atomic E-state index is 0.117. The van der Waals surface area contributed by atoms with Crippen LogP contribution in [-0.2, 0) is 13.0 Å². The maximum atomic E-state index is 10.2. The molecule has 2 N–H and O–H groups in total. The third-order valence-electron chi connectivity index (χ3n) is 3.89. The number of aromatic hydroxyl groups is 1. The normalized spacial score (nSPS) is 10.8. The number of phenolic OH excluding ortho intramolecular Hbond substituents is 1. The molecule has 3 aromatic rings. The molecule has 3 rings (SSSR count). The van der Waals surface area contributed by atoms with Gasteiger partial charge < -0.3 is 10.2 Å². The maximum Gasteiger partial charge on any atom is 0.119 e. The highest BCUT2D eigenvalue weighted by Gasteiger charge is 2.13. The van der Waals surface area contributed by atoms with Crippen molar-refractivity contribution in [2.45, 2.75) is 13.0 Å². The average Bonchev–Trinajstić information content (AvgIpc) is 2.58. The van der Waals surface area contributed by atoms with E-state index in [9.17, 15) is 10.2 Å². The summed E-state index contributed by atoms with van der Waals surface area (Å²) in [7, 11) is 0. The van der Waals surface area contributed by atoms with Crippen LogP contribution in [0.3, 0.4) is 0 Å². The van der Waals surface area contributed by atoms with Crippen LogP contribution >= 0.6 is 23.2 Å². The highest BCUT2D eigenvalue weighted by atomic mass is 35.5. The van der Waals surface area contributed by atoms with Gasteiger partial charge in [0.2, 0.25) is 0 Å². The number of halogens is 2. The average molecular weight is 359 g/mol. The zero-order chi connectivity index (χ0) is 17.1. The first-order valence-corrected chi connectivity index (χ1v) is 8.29. The van der Waals surface area contributed by atoms with Crippen LogP contribution in [0.25, 0.3) is 11.1 Å². The highest BCUT2D eigenvalue weighted by molar-refractivity contribution is 6.39. The Labute approximate surface area is 150 Å². The van der Waals surface area contributed by atoms with Crippen LogP contribution in [0.5, 0.6) is 5.75 Å². The Bertz CT molecular complexity index is 838. The molecule has 0 aliphatic carbocycles. The van der Waals surface area contributed by atoms with Gasteiger partial charge in [-0.1, -0.05) is 59.6 Å². The molecule has 0 saturated carbocycles. The predicted molar refractivity (Wildman–Crippen MR) is 98.7 cm³/mol. The smallest absolute Gasteiger partial charge is 0.119 e. The topological polar surface area (TPSA) is 40.5 Å². The largest absolute Gasteiger partial charge is 0.508 e. The Morgan fingerprint density at radius 3 is 2.08 bits per heavy atom. The third-order valence-corrected chi connectivity index (χ3v) is 4.49. The number of phenols is 1. The van der Waals surface area contributed by atoms with Crippen molar-refractivity contribution in [3.8, 4) is 16.9 Å². The summed E-state index contributed by atoms with van der Waals surface area (Å²) in [6.45, 7) is -0.117. The van der Waals surface area contributed by atoms with E-state index in [0.717, 1.165) is 16.7 Å². The summed E-state index contributed by atoms with van der Waals surface area (Å²) in [6.07, 6.45) is 0.616. The van der Waals surface area contributed by atoms with Gasteiger partial charge in [0.15, 0.2) is 0 Å². The fourth-order valence-electron chi connectivity index (χ4n) is 2.69. The highest BCUT2D eigenvalue weighted by Crippen LogP contribution is 2.38. The van der Waals surface area contributed by atoms with Gasteiger partial charge in [0.25, 0.3) is 0 Å². The van der Waals surface area contributed by atoms with Gasteiger partial charge in [0.1, 0.15) is 5.75 Å². The van der Waals surface area contributed by atoms with Crippen molar-refractivity contribution in [3.63, 3.8) is 0 Å². The van der Waals surface area contributed by atoms with Gasteiger partial charge in [0, 0.05) is 12.0 Å². The molecule has 2 nitrogen and oxygen atoms in total. The Balaban J connectivity index is 2.03. The SMILES string of the molecule is OCc1cc(Cl)c(-c2ccc(O)c(Cc3ccccc3)c2)c(Cl)c1. The standard InChI is InChI=1S/C20H16Cl2O2/c21-17-9-14(12-23)10-18(22)20(17)15-6-7-19(24)16(11-15)8-13-4-2-1-3-5-13/h1-7,9-11,23-24H,8,12H2. The lowest BCUT2D eigenvalue weighted by Gasteiger charge is -2.12. The number of rotatable bonds is 4. The van der Waals surface area contributed by atoms with Crippen LogP contribution in [0.1, 0.15) is 16.7 Å². The molecule has 0 fully saturated rings. The molecule has 0 heterocycles. The number of hydrogen-bond donors (Lipinski definition) is 2. The molecule has 3 aromatic carbocycles. The van der Waals surface area contributed by atoms with E-state index in [1.165, 1.54) is 0 Å². The Morgan fingerprint density at radius 1 is 0.792 bits per heavy atom. The lowest BCUT2D eigenvalue weighted by atomic mass is 9.97. The molecule has 0 atom stereocenters. The Kier molecular flexibility index (Phi) is 5.10. The van der Waals surface area contributed by atoms with Crippen molar-refractivity contribution in [3.05, 3.63) is 87.4 Å². The van der Waals surface area contributed by atoms with Gasteiger partial charge in [-0.3, -0.25) is 0 Å². The molecule has 24 heavy (non-hydrogen) atoms. The second-order valence-electron chi connectivity index (χ2n) is 5.60. The van der Waals surface area contributed by atoms with E-state index in [1.807, 2.05) is 36.4 Å². The molecule has 0 saturated heterocycles. The molecule has 0 amide bonds. The van der Waals surface area contributed by atoms with E-state index in [0.29, 0.717) is 27.6 Å². The maximum absolute atomic E-state index is 10.2. The zero-order valence-electron chi connectivity index (χ0n) is 12.8. The van der Waals surface area contributed by atoms with Crippen LogP contribution in [0, 0.1) is 0 Å². The second-order valence-corrected chi connectivity index (χ2v) is 6.41. The molecule has 4 heteroatoms. The van der Waals surface area contributed by atoms with Crippen molar-refractivity contribution in [1.82, 2.24) is 0 Å². The lowest BCUT2D eigenvalue weighted by molar-refractivity contribution is 0.282. The first-order valence-electron chi connectivity index (χ1n) is 7.53. The Hall–Kier alpha value is -2.00. The van der Waals surface area contributed by atoms with Gasteiger partial charge in [0.05, 0.1) is 16.7 Å². The Morgan fingerprint density at radius 2 is 1.46 bits per heavy atom. The van der Waals surface area contributed by atoms with E-state index < -0.39 is 0 Å². The van der Waals surface area contributed by atoms with E-state index in [1.54, 1.807) is 24.3 Å². The number of aliphatic hydroxyl groups is 1. The molecule has 122 valence electrons. The molecule has 0 bridgehead atoms. The summed E-state index contributed by atoms with van der Waals surface area (Å²) in [5, 5.41) is 20.4. The summed E-state index contributed by atoms with van der Waals surface area (Å²) in [6, 6.07) is 18.7. The monoisotopic (exact) mass is 358 g/mol. The minimum atomic E-state index is -0.117. The van der Waals surface area contributed by atoms with Crippen molar-refractivity contribution >= 4 is 23.2 Å².